The van der Waals surface area contributed by atoms with Gasteiger partial charge in [0.1, 0.15) is 13.2 Å². The van der Waals surface area contributed by atoms with Crippen molar-refractivity contribution in [1.29, 1.82) is 0 Å². The summed E-state index contributed by atoms with van der Waals surface area (Å²) in [6.45, 7) is 18.2. The predicted octanol–water partition coefficient (Wildman–Crippen LogP) is 12.2. The molecular formula is C54H81N7O7S6. The molecule has 14 nitrogen and oxygen atoms in total. The second kappa shape index (κ2) is 33.6. The molecule has 6 aromatic heterocycles. The summed E-state index contributed by atoms with van der Waals surface area (Å²) in [6, 6.07) is 12.3. The van der Waals surface area contributed by atoms with Crippen LogP contribution in [0.2, 0.25) is 0 Å². The van der Waals surface area contributed by atoms with Crippen LogP contribution in [0.25, 0.3) is 6.08 Å². The zero-order chi connectivity index (χ0) is 56.7. The van der Waals surface area contributed by atoms with Gasteiger partial charge in [0.15, 0.2) is 12.1 Å². The van der Waals surface area contributed by atoms with Crippen LogP contribution < -0.4 is 5.73 Å². The van der Waals surface area contributed by atoms with E-state index >= 15 is 0 Å². The number of aromatic nitrogens is 6. The lowest BCUT2D eigenvalue weighted by atomic mass is 10.3. The molecule has 0 aliphatic carbocycles. The number of allylic oxidation sites excluding steroid dienone is 1. The molecule has 0 aliphatic heterocycles. The van der Waals surface area contributed by atoms with Crippen molar-refractivity contribution in [3.63, 3.8) is 0 Å². The summed E-state index contributed by atoms with van der Waals surface area (Å²) in [6.07, 6.45) is 15.9. The predicted molar refractivity (Wildman–Crippen MR) is 317 cm³/mol. The number of thioether (sulfide) groups is 6. The molecule has 0 aliphatic rings. The zero-order valence-electron chi connectivity index (χ0n) is 47.4. The van der Waals surface area contributed by atoms with Gasteiger partial charge < -0.3 is 47.7 Å². The Bertz CT molecular complexity index is 2740. The molecule has 0 bridgehead atoms. The average Bonchev–Trinajstić information content (AvgIpc) is 4.12. The minimum atomic E-state index is -0.741. The highest BCUT2D eigenvalue weighted by atomic mass is 32.2. The number of aliphatic hydroxyl groups is 1. The number of aldehydes is 1. The summed E-state index contributed by atoms with van der Waals surface area (Å²) in [5.74, 6) is -0.163. The molecule has 0 radical (unpaired) electrons. The number of primary amides is 1. The van der Waals surface area contributed by atoms with Gasteiger partial charge in [-0.1, -0.05) is 0 Å². The summed E-state index contributed by atoms with van der Waals surface area (Å²) in [7, 11) is 11.9. The molecule has 0 fully saturated rings. The maximum atomic E-state index is 10.8. The molecule has 3 N–H and O–H groups in total. The summed E-state index contributed by atoms with van der Waals surface area (Å²) in [4.78, 5) is 42.4. The molecule has 0 spiro atoms. The Morgan fingerprint density at radius 2 is 0.824 bits per heavy atom. The highest BCUT2D eigenvalue weighted by Gasteiger charge is 2.12. The van der Waals surface area contributed by atoms with Gasteiger partial charge in [-0.3, -0.25) is 14.4 Å². The molecule has 0 saturated carbocycles. The fourth-order valence-corrected chi connectivity index (χ4v) is 12.5. The molecule has 0 saturated heterocycles. The first-order valence-corrected chi connectivity index (χ1v) is 30.6. The average molecular weight is 1130 g/mol. The minimum Gasteiger partial charge on any atom is -0.459 e. The van der Waals surface area contributed by atoms with Crippen molar-refractivity contribution in [2.24, 2.45) is 48.0 Å². The van der Waals surface area contributed by atoms with Crippen molar-refractivity contribution in [3.05, 3.63) is 110 Å². The SMILES string of the molecule is CSc1c(C)cc(/C=C/C(C)=O)n1C.CSc1c(C)cc(C)n1C.CSc1c(C)cc(C=O)n1C.CSc1c(C)cc(CO)n1C.CSc1c(C)cc(COC(C)=O)n1C.CSc1c(C)cc(COC(N)=O)n1C. The van der Waals surface area contributed by atoms with Gasteiger partial charge in [0.05, 0.1) is 53.8 Å². The molecule has 410 valence electrons. The van der Waals surface area contributed by atoms with Gasteiger partial charge in [-0.25, -0.2) is 4.79 Å². The van der Waals surface area contributed by atoms with Gasteiger partial charge in [-0.2, -0.15) is 0 Å². The number of aryl methyl sites for hydroxylation is 7. The largest absolute Gasteiger partial charge is 0.459 e. The fraction of sp³-hybridized carbons (Fsp3) is 0.444. The molecule has 6 aromatic rings. The van der Waals surface area contributed by atoms with E-state index in [1.54, 1.807) is 83.6 Å². The number of rotatable bonds is 14. The van der Waals surface area contributed by atoms with E-state index in [1.807, 2.05) is 112 Å². The number of esters is 1. The van der Waals surface area contributed by atoms with Gasteiger partial charge >= 0.3 is 12.1 Å². The van der Waals surface area contributed by atoms with Crippen LogP contribution in [0.3, 0.4) is 0 Å². The van der Waals surface area contributed by atoms with E-state index in [4.69, 9.17) is 20.3 Å². The van der Waals surface area contributed by atoms with E-state index < -0.39 is 6.09 Å². The van der Waals surface area contributed by atoms with E-state index in [1.165, 1.54) is 71.1 Å². The number of ether oxygens (including phenoxy) is 2. The Labute approximate surface area is 466 Å². The molecule has 1 amide bonds. The summed E-state index contributed by atoms with van der Waals surface area (Å²) >= 11 is 10.3. The molecule has 0 aromatic carbocycles. The first-order chi connectivity index (χ1) is 34.7. The topological polar surface area (TPSA) is 163 Å². The van der Waals surface area contributed by atoms with Gasteiger partial charge in [-0.05, 0) is 175 Å². The van der Waals surface area contributed by atoms with E-state index in [0.29, 0.717) is 6.61 Å². The summed E-state index contributed by atoms with van der Waals surface area (Å²) in [5.41, 5.74) is 18.4. The summed E-state index contributed by atoms with van der Waals surface area (Å²) in [5, 5.41) is 16.3. The third kappa shape index (κ3) is 19.9. The van der Waals surface area contributed by atoms with Crippen LogP contribution in [0.1, 0.15) is 86.2 Å². The number of carbonyl (C=O) groups excluding carboxylic acids is 4. The van der Waals surface area contributed by atoms with Crippen molar-refractivity contribution in [2.75, 3.05) is 37.5 Å². The number of hydrogen-bond donors (Lipinski definition) is 2. The second-order valence-corrected chi connectivity index (χ2v) is 21.7. The van der Waals surface area contributed by atoms with Crippen LogP contribution in [0, 0.1) is 48.5 Å². The number of amides is 1. The number of hydrogen-bond acceptors (Lipinski definition) is 13. The Balaban J connectivity index is 0.000000446. The van der Waals surface area contributed by atoms with Crippen LogP contribution >= 0.6 is 70.6 Å². The van der Waals surface area contributed by atoms with Crippen molar-refractivity contribution in [2.45, 2.75) is 112 Å². The number of carbonyl (C=O) groups is 4. The quantitative estimate of drug-likeness (QED) is 0.0459. The van der Waals surface area contributed by atoms with Crippen LogP contribution in [0.5, 0.6) is 0 Å². The number of nitrogens with two attached hydrogens (primary N) is 1. The fourth-order valence-electron chi connectivity index (χ4n) is 7.84. The molecule has 6 heterocycles. The lowest BCUT2D eigenvalue weighted by Crippen LogP contribution is -2.13. The number of ketones is 1. The van der Waals surface area contributed by atoms with Crippen LogP contribution in [-0.2, 0) is 81.2 Å². The minimum absolute atomic E-state index is 0.0783. The smallest absolute Gasteiger partial charge is 0.404 e. The monoisotopic (exact) mass is 1130 g/mol. The molecule has 6 rings (SSSR count). The summed E-state index contributed by atoms with van der Waals surface area (Å²) < 4.78 is 22.0. The van der Waals surface area contributed by atoms with Crippen molar-refractivity contribution >= 4 is 101 Å². The number of nitrogens with zero attached hydrogens (tertiary/aromatic N) is 6. The normalized spacial score (nSPS) is 10.5. The molecule has 0 atom stereocenters. The maximum Gasteiger partial charge on any atom is 0.404 e. The second-order valence-electron chi connectivity index (χ2n) is 16.9. The van der Waals surface area contributed by atoms with Gasteiger partial charge in [-0.15, -0.1) is 70.6 Å². The lowest BCUT2D eigenvalue weighted by Gasteiger charge is -2.05. The first kappa shape index (κ1) is 67.6. The van der Waals surface area contributed by atoms with Crippen molar-refractivity contribution in [3.8, 4) is 0 Å². The van der Waals surface area contributed by atoms with Gasteiger partial charge in [0, 0.05) is 66.3 Å². The maximum absolute atomic E-state index is 10.8. The van der Waals surface area contributed by atoms with E-state index in [-0.39, 0.29) is 25.0 Å². The van der Waals surface area contributed by atoms with Crippen LogP contribution in [0.4, 0.5) is 4.79 Å². The van der Waals surface area contributed by atoms with E-state index in [2.05, 4.69) is 86.1 Å². The third-order valence-electron chi connectivity index (χ3n) is 11.5. The van der Waals surface area contributed by atoms with Crippen molar-refractivity contribution in [1.82, 2.24) is 27.4 Å². The van der Waals surface area contributed by atoms with Crippen LogP contribution in [0.15, 0.2) is 72.6 Å². The highest BCUT2D eigenvalue weighted by molar-refractivity contribution is 7.99. The lowest BCUT2D eigenvalue weighted by molar-refractivity contribution is -0.142. The Hall–Kier alpha value is -4.44. The molecule has 0 unspecified atom stereocenters. The Kier molecular flexibility index (Phi) is 30.6. The van der Waals surface area contributed by atoms with Gasteiger partial charge in [0.25, 0.3) is 0 Å². The molecular weight excluding hydrogens is 1050 g/mol. The van der Waals surface area contributed by atoms with Crippen molar-refractivity contribution < 1.29 is 33.8 Å². The van der Waals surface area contributed by atoms with Gasteiger partial charge in [0.2, 0.25) is 0 Å². The number of aliphatic hydroxyl groups excluding tert-OH is 1. The molecule has 20 heteroatoms. The standard InChI is InChI=1S/C11H15NOS.C10H15NO2S.C9H14N2O2S.C8H13NOS.C8H11NOS.C8H13NS/c1-8-7-10(6-5-9(2)13)12(3)11(8)14-4;1-7-5-9(6-13-8(2)12)11(3)10(7)14-4;1-6-4-7(5-13-9(10)12)11(2)8(6)14-3;2*1-6-4-7(5-10)9(2)8(6)11-3;1-6-5-7(2)9(3)8(6)10-4/h5-7H,1-4H3;5H,6H2,1-4H3;4H,5H2,1-3H3,(H2,10,12);4,10H,5H2,1-3H3;4-5H,1-3H3;5H,1-4H3/b6-5+;;;;;. The highest BCUT2D eigenvalue weighted by Crippen LogP contribution is 2.27. The van der Waals surface area contributed by atoms with E-state index in [9.17, 15) is 19.2 Å². The first-order valence-electron chi connectivity index (χ1n) is 23.2. The van der Waals surface area contributed by atoms with E-state index in [0.717, 1.165) is 39.8 Å². The Morgan fingerprint density at radius 3 is 1.09 bits per heavy atom. The third-order valence-corrected chi connectivity index (χ3v) is 17.4. The van der Waals surface area contributed by atoms with Crippen LogP contribution in [-0.4, -0.2) is 94.2 Å². The molecule has 74 heavy (non-hydrogen) atoms. The Morgan fingerprint density at radius 1 is 0.500 bits per heavy atom. The zero-order valence-corrected chi connectivity index (χ0v) is 52.3.